The van der Waals surface area contributed by atoms with Crippen molar-refractivity contribution in [3.63, 3.8) is 0 Å². The summed E-state index contributed by atoms with van der Waals surface area (Å²) >= 11 is 0. The second-order valence-electron chi connectivity index (χ2n) is 5.95. The maximum Gasteiger partial charge on any atom is 0.307 e. The summed E-state index contributed by atoms with van der Waals surface area (Å²) in [5.74, 6) is -0.961. The van der Waals surface area contributed by atoms with E-state index < -0.39 is 17.8 Å². The van der Waals surface area contributed by atoms with Crippen molar-refractivity contribution in [3.8, 4) is 11.5 Å². The number of ether oxygens (including phenoxy) is 2. The van der Waals surface area contributed by atoms with E-state index in [2.05, 4.69) is 5.32 Å². The molecule has 6 nitrogen and oxygen atoms in total. The predicted octanol–water partition coefficient (Wildman–Crippen LogP) is 2.09. The smallest absolute Gasteiger partial charge is 0.307 e. The van der Waals surface area contributed by atoms with Gasteiger partial charge in [-0.15, -0.1) is 0 Å². The fourth-order valence-electron chi connectivity index (χ4n) is 2.98. The summed E-state index contributed by atoms with van der Waals surface area (Å²) in [4.78, 5) is 23.7. The zero-order chi connectivity index (χ0) is 16.4. The van der Waals surface area contributed by atoms with Gasteiger partial charge in [0.05, 0.1) is 11.8 Å². The van der Waals surface area contributed by atoms with E-state index in [-0.39, 0.29) is 12.7 Å². The Morgan fingerprint density at radius 1 is 1.26 bits per heavy atom. The Bertz CT molecular complexity index is 667. The Morgan fingerprint density at radius 2 is 2.04 bits per heavy atom. The molecule has 3 rings (SSSR count). The Morgan fingerprint density at radius 3 is 2.83 bits per heavy atom. The lowest BCUT2D eigenvalue weighted by Crippen LogP contribution is -2.39. The molecule has 0 saturated heterocycles. The molecule has 1 amide bonds. The van der Waals surface area contributed by atoms with E-state index in [1.807, 2.05) is 25.1 Å². The van der Waals surface area contributed by atoms with Gasteiger partial charge in [-0.1, -0.05) is 17.7 Å². The fourth-order valence-corrected chi connectivity index (χ4v) is 2.98. The minimum absolute atomic E-state index is 0.207. The standard InChI is InChI=1S/C17H19NO5/c1-10-2-4-12(17(20)21)13(6-10)16(19)18-8-11-3-5-14-15(7-11)23-9-22-14/h2-3,5,7,12-13H,4,6,8-9H2,1H3,(H,18,19)(H,20,21)/t12-,13-/m0/s1. The van der Waals surface area contributed by atoms with Crippen LogP contribution in [0.5, 0.6) is 11.5 Å². The van der Waals surface area contributed by atoms with Crippen LogP contribution in [0.1, 0.15) is 25.3 Å². The fraction of sp³-hybridized carbons (Fsp3) is 0.412. The van der Waals surface area contributed by atoms with Crippen LogP contribution in [0, 0.1) is 11.8 Å². The number of fused-ring (bicyclic) bond motifs is 1. The van der Waals surface area contributed by atoms with Crippen LogP contribution < -0.4 is 14.8 Å². The minimum Gasteiger partial charge on any atom is -0.481 e. The summed E-state index contributed by atoms with van der Waals surface area (Å²) < 4.78 is 10.6. The molecule has 0 bridgehead atoms. The topological polar surface area (TPSA) is 84.9 Å². The third-order valence-electron chi connectivity index (χ3n) is 4.31. The number of carboxylic acid groups (broad SMARTS) is 1. The van der Waals surface area contributed by atoms with E-state index >= 15 is 0 Å². The second kappa shape index (κ2) is 6.32. The first-order valence-electron chi connectivity index (χ1n) is 7.59. The van der Waals surface area contributed by atoms with Gasteiger partial charge in [0.1, 0.15) is 0 Å². The van der Waals surface area contributed by atoms with Crippen molar-refractivity contribution in [1.82, 2.24) is 5.32 Å². The molecule has 1 aromatic carbocycles. The van der Waals surface area contributed by atoms with Crippen molar-refractivity contribution in [1.29, 1.82) is 0 Å². The largest absolute Gasteiger partial charge is 0.481 e. The average molecular weight is 317 g/mol. The summed E-state index contributed by atoms with van der Waals surface area (Å²) in [6, 6.07) is 5.48. The number of rotatable bonds is 4. The first-order valence-corrected chi connectivity index (χ1v) is 7.59. The van der Waals surface area contributed by atoms with E-state index in [1.165, 1.54) is 0 Å². The zero-order valence-corrected chi connectivity index (χ0v) is 12.9. The van der Waals surface area contributed by atoms with Crippen LogP contribution in [0.2, 0.25) is 0 Å². The Labute approximate surface area is 134 Å². The van der Waals surface area contributed by atoms with Crippen molar-refractivity contribution < 1.29 is 24.2 Å². The molecule has 2 aliphatic rings. The first kappa shape index (κ1) is 15.4. The van der Waals surface area contributed by atoms with Gasteiger partial charge >= 0.3 is 5.97 Å². The number of hydrogen-bond donors (Lipinski definition) is 2. The molecule has 122 valence electrons. The van der Waals surface area contributed by atoms with E-state index in [4.69, 9.17) is 9.47 Å². The maximum atomic E-state index is 12.4. The van der Waals surface area contributed by atoms with Gasteiger partial charge in [-0.05, 0) is 37.5 Å². The van der Waals surface area contributed by atoms with Gasteiger partial charge in [0.25, 0.3) is 0 Å². The third-order valence-corrected chi connectivity index (χ3v) is 4.31. The van der Waals surface area contributed by atoms with E-state index in [0.717, 1.165) is 11.1 Å². The molecule has 0 aromatic heterocycles. The number of carboxylic acids is 1. The SMILES string of the molecule is CC1=CC[C@H](C(=O)O)[C@@H](C(=O)NCc2ccc3c(c2)OCO3)C1. The number of nitrogens with one attached hydrogen (secondary N) is 1. The number of amides is 1. The lowest BCUT2D eigenvalue weighted by Gasteiger charge is -2.26. The second-order valence-corrected chi connectivity index (χ2v) is 5.95. The molecule has 2 N–H and O–H groups in total. The van der Waals surface area contributed by atoms with Crippen molar-refractivity contribution in [2.75, 3.05) is 6.79 Å². The van der Waals surface area contributed by atoms with Crippen LogP contribution in [0.4, 0.5) is 0 Å². The normalized spacial score (nSPS) is 22.4. The van der Waals surface area contributed by atoms with Gasteiger partial charge < -0.3 is 19.9 Å². The van der Waals surface area contributed by atoms with Crippen LogP contribution in [0.15, 0.2) is 29.8 Å². The predicted molar refractivity (Wildman–Crippen MR) is 82.0 cm³/mol. The highest BCUT2D eigenvalue weighted by Gasteiger charge is 2.35. The Balaban J connectivity index is 1.64. The molecular formula is C17H19NO5. The number of hydrogen-bond acceptors (Lipinski definition) is 4. The van der Waals surface area contributed by atoms with E-state index in [0.29, 0.717) is 30.9 Å². The summed E-state index contributed by atoms with van der Waals surface area (Å²) in [6.07, 6.45) is 2.80. The number of aliphatic carboxylic acids is 1. The van der Waals surface area contributed by atoms with Gasteiger partial charge in [-0.2, -0.15) is 0 Å². The van der Waals surface area contributed by atoms with Crippen molar-refractivity contribution >= 4 is 11.9 Å². The summed E-state index contributed by atoms with van der Waals surface area (Å²) in [5, 5.41) is 12.1. The van der Waals surface area contributed by atoms with Gasteiger partial charge in [0.15, 0.2) is 11.5 Å². The third kappa shape index (κ3) is 3.31. The monoisotopic (exact) mass is 317 g/mol. The molecule has 23 heavy (non-hydrogen) atoms. The van der Waals surface area contributed by atoms with Gasteiger partial charge in [-0.25, -0.2) is 0 Å². The van der Waals surface area contributed by atoms with E-state index in [9.17, 15) is 14.7 Å². The summed E-state index contributed by atoms with van der Waals surface area (Å²) in [5.41, 5.74) is 1.95. The van der Waals surface area contributed by atoms with Crippen LogP contribution in [0.25, 0.3) is 0 Å². The van der Waals surface area contributed by atoms with Crippen LogP contribution in [0.3, 0.4) is 0 Å². The number of carbonyl (C=O) groups is 2. The lowest BCUT2D eigenvalue weighted by atomic mass is 9.79. The quantitative estimate of drug-likeness (QED) is 0.831. The molecule has 0 fully saturated rings. The molecule has 0 radical (unpaired) electrons. The molecule has 0 spiro atoms. The van der Waals surface area contributed by atoms with Crippen molar-refractivity contribution in [3.05, 3.63) is 35.4 Å². The summed E-state index contributed by atoms with van der Waals surface area (Å²) in [6.45, 7) is 2.47. The Hall–Kier alpha value is -2.50. The Kier molecular flexibility index (Phi) is 4.23. The molecule has 6 heteroatoms. The number of carbonyl (C=O) groups excluding carboxylic acids is 1. The summed E-state index contributed by atoms with van der Waals surface area (Å²) in [7, 11) is 0. The minimum atomic E-state index is -0.919. The molecular weight excluding hydrogens is 298 g/mol. The van der Waals surface area contributed by atoms with Gasteiger partial charge in [0.2, 0.25) is 12.7 Å². The van der Waals surface area contributed by atoms with E-state index in [1.54, 1.807) is 6.07 Å². The number of allylic oxidation sites excluding steroid dienone is 2. The van der Waals surface area contributed by atoms with Crippen LogP contribution in [-0.2, 0) is 16.1 Å². The molecule has 2 atom stereocenters. The number of benzene rings is 1. The molecule has 1 aliphatic heterocycles. The highest BCUT2D eigenvalue weighted by molar-refractivity contribution is 5.85. The van der Waals surface area contributed by atoms with Crippen molar-refractivity contribution in [2.45, 2.75) is 26.3 Å². The maximum absolute atomic E-state index is 12.4. The molecule has 1 aromatic rings. The molecule has 1 aliphatic carbocycles. The molecule has 1 heterocycles. The lowest BCUT2D eigenvalue weighted by molar-refractivity contribution is -0.147. The highest BCUT2D eigenvalue weighted by atomic mass is 16.7. The highest BCUT2D eigenvalue weighted by Crippen LogP contribution is 2.33. The van der Waals surface area contributed by atoms with Crippen molar-refractivity contribution in [2.24, 2.45) is 11.8 Å². The average Bonchev–Trinajstić information content (AvgIpc) is 2.99. The first-order chi connectivity index (χ1) is 11.0. The van der Waals surface area contributed by atoms with Gasteiger partial charge in [-0.3, -0.25) is 9.59 Å². The molecule has 0 unspecified atom stereocenters. The molecule has 0 saturated carbocycles. The van der Waals surface area contributed by atoms with Gasteiger partial charge in [0, 0.05) is 6.54 Å². The van der Waals surface area contributed by atoms with Crippen LogP contribution in [-0.4, -0.2) is 23.8 Å². The zero-order valence-electron chi connectivity index (χ0n) is 12.9. The van der Waals surface area contributed by atoms with Crippen LogP contribution >= 0.6 is 0 Å².